The minimum Gasteiger partial charge on any atom is -0.468 e. The molecule has 0 heterocycles. The minimum atomic E-state index is -1.75. The number of Topliss-reactive ketones (excluding diaryl/α,β-unsaturated/α-hetero) is 1. The standard InChI is InChI=1S/C20H19NO6/c1-27-18(23)20-11-19(24,10-9-15(20)22)17(21(25)26)16(20)14-8-4-6-12-5-2-3-7-13(12)14/h2-8,16-17,24H,9-11H2,1H3/t16-,17+,19-,20-/m0/s1. The SMILES string of the molecule is COC(=O)[C@@]12C[C@@](O)(CCC1=O)[C@H]([N+](=O)[O-])[C@@H]2c1cccc2ccccc12. The summed E-state index contributed by atoms with van der Waals surface area (Å²) in [7, 11) is 1.16. The van der Waals surface area contributed by atoms with Gasteiger partial charge in [-0.3, -0.25) is 19.7 Å². The molecule has 0 amide bonds. The molecule has 2 fully saturated rings. The van der Waals surface area contributed by atoms with Gasteiger partial charge in [-0.05, 0) is 22.8 Å². The molecule has 0 aromatic heterocycles. The van der Waals surface area contributed by atoms with E-state index in [1.807, 2.05) is 24.3 Å². The number of carbonyl (C=O) groups is 2. The van der Waals surface area contributed by atoms with Crippen molar-refractivity contribution in [2.75, 3.05) is 7.11 Å². The Hall–Kier alpha value is -2.80. The number of hydrogen-bond acceptors (Lipinski definition) is 6. The van der Waals surface area contributed by atoms with Gasteiger partial charge in [0.2, 0.25) is 6.04 Å². The second kappa shape index (κ2) is 5.85. The van der Waals surface area contributed by atoms with E-state index in [0.717, 1.165) is 17.9 Å². The fourth-order valence-electron chi connectivity index (χ4n) is 5.11. The molecular formula is C20H19NO6. The van der Waals surface area contributed by atoms with Crippen LogP contribution in [0.3, 0.4) is 0 Å². The number of hydrogen-bond donors (Lipinski definition) is 1. The molecule has 0 radical (unpaired) electrons. The zero-order chi connectivity index (χ0) is 19.4. The molecule has 2 bridgehead atoms. The number of rotatable bonds is 3. The number of ether oxygens (including phenoxy) is 1. The van der Waals surface area contributed by atoms with Crippen molar-refractivity contribution in [2.24, 2.45) is 5.41 Å². The molecule has 0 spiro atoms. The molecule has 0 unspecified atom stereocenters. The number of aliphatic hydroxyl groups is 1. The van der Waals surface area contributed by atoms with Gasteiger partial charge in [0.1, 0.15) is 11.0 Å². The van der Waals surface area contributed by atoms with E-state index >= 15 is 0 Å². The highest BCUT2D eigenvalue weighted by atomic mass is 16.6. The highest BCUT2D eigenvalue weighted by Gasteiger charge is 2.75. The molecule has 4 rings (SSSR count). The minimum absolute atomic E-state index is 0.0303. The maximum absolute atomic E-state index is 13.0. The Labute approximate surface area is 155 Å². The molecule has 4 atom stereocenters. The summed E-state index contributed by atoms with van der Waals surface area (Å²) in [4.78, 5) is 37.2. The number of benzene rings is 2. The summed E-state index contributed by atoms with van der Waals surface area (Å²) < 4.78 is 4.92. The maximum atomic E-state index is 13.0. The average molecular weight is 369 g/mol. The van der Waals surface area contributed by atoms with E-state index in [0.29, 0.717) is 5.56 Å². The molecule has 2 aromatic carbocycles. The van der Waals surface area contributed by atoms with Crippen molar-refractivity contribution in [1.82, 2.24) is 0 Å². The van der Waals surface area contributed by atoms with Crippen LogP contribution in [0.1, 0.15) is 30.7 Å². The fourth-order valence-corrected chi connectivity index (χ4v) is 5.11. The first-order valence-corrected chi connectivity index (χ1v) is 8.80. The van der Waals surface area contributed by atoms with Crippen LogP contribution in [-0.2, 0) is 14.3 Å². The lowest BCUT2D eigenvalue weighted by Crippen LogP contribution is -2.47. The molecule has 140 valence electrons. The molecule has 1 N–H and O–H groups in total. The van der Waals surface area contributed by atoms with E-state index in [2.05, 4.69) is 0 Å². The van der Waals surface area contributed by atoms with Crippen molar-refractivity contribution in [3.8, 4) is 0 Å². The Morgan fingerprint density at radius 1 is 1.26 bits per heavy atom. The largest absolute Gasteiger partial charge is 0.468 e. The molecule has 2 aliphatic rings. The van der Waals surface area contributed by atoms with Crippen molar-refractivity contribution in [2.45, 2.75) is 36.8 Å². The molecule has 0 saturated heterocycles. The van der Waals surface area contributed by atoms with Crippen molar-refractivity contribution in [3.05, 3.63) is 58.1 Å². The Kier molecular flexibility index (Phi) is 3.82. The lowest BCUT2D eigenvalue weighted by Gasteiger charge is -2.33. The highest BCUT2D eigenvalue weighted by molar-refractivity contribution is 6.07. The maximum Gasteiger partial charge on any atom is 0.320 e. The lowest BCUT2D eigenvalue weighted by molar-refractivity contribution is -0.544. The summed E-state index contributed by atoms with van der Waals surface area (Å²) in [5, 5.41) is 24.7. The van der Waals surface area contributed by atoms with Gasteiger partial charge in [0, 0.05) is 17.8 Å². The van der Waals surface area contributed by atoms with Crippen LogP contribution in [-0.4, -0.2) is 40.5 Å². The third-order valence-electron chi connectivity index (χ3n) is 6.20. The summed E-state index contributed by atoms with van der Waals surface area (Å²) in [5.41, 5.74) is -2.96. The van der Waals surface area contributed by atoms with Crippen LogP contribution in [0.5, 0.6) is 0 Å². The van der Waals surface area contributed by atoms with Gasteiger partial charge < -0.3 is 9.84 Å². The van der Waals surface area contributed by atoms with Crippen LogP contribution in [0.15, 0.2) is 42.5 Å². The normalized spacial score (nSPS) is 32.4. The van der Waals surface area contributed by atoms with E-state index in [9.17, 15) is 24.8 Å². The predicted molar refractivity (Wildman–Crippen MR) is 95.7 cm³/mol. The third-order valence-corrected chi connectivity index (χ3v) is 6.20. The van der Waals surface area contributed by atoms with E-state index in [4.69, 9.17) is 4.74 Å². The van der Waals surface area contributed by atoms with Gasteiger partial charge in [-0.15, -0.1) is 0 Å². The highest BCUT2D eigenvalue weighted by Crippen LogP contribution is 2.61. The zero-order valence-corrected chi connectivity index (χ0v) is 14.8. The first-order chi connectivity index (χ1) is 12.8. The number of ketones is 1. The number of nitro groups is 1. The van der Waals surface area contributed by atoms with Crippen molar-refractivity contribution in [3.63, 3.8) is 0 Å². The quantitative estimate of drug-likeness (QED) is 0.385. The summed E-state index contributed by atoms with van der Waals surface area (Å²) in [5.74, 6) is -2.31. The Morgan fingerprint density at radius 3 is 2.67 bits per heavy atom. The Morgan fingerprint density at radius 2 is 1.96 bits per heavy atom. The van der Waals surface area contributed by atoms with Crippen LogP contribution < -0.4 is 0 Å². The molecule has 27 heavy (non-hydrogen) atoms. The van der Waals surface area contributed by atoms with Crippen molar-refractivity contribution in [1.29, 1.82) is 0 Å². The topological polar surface area (TPSA) is 107 Å². The number of esters is 1. The third kappa shape index (κ3) is 2.24. The zero-order valence-electron chi connectivity index (χ0n) is 14.8. The Balaban J connectivity index is 2.05. The van der Waals surface area contributed by atoms with Gasteiger partial charge in [0.25, 0.3) is 0 Å². The van der Waals surface area contributed by atoms with Gasteiger partial charge in [0.05, 0.1) is 13.0 Å². The van der Waals surface area contributed by atoms with Crippen LogP contribution in [0.4, 0.5) is 0 Å². The number of nitrogens with zero attached hydrogens (tertiary/aromatic N) is 1. The number of methoxy groups -OCH3 is 1. The summed E-state index contributed by atoms with van der Waals surface area (Å²) in [6, 6.07) is 11.2. The van der Waals surface area contributed by atoms with Crippen LogP contribution in [0.2, 0.25) is 0 Å². The van der Waals surface area contributed by atoms with Crippen molar-refractivity contribution < 1.29 is 24.4 Å². The number of carbonyl (C=O) groups excluding carboxylic acids is 2. The smallest absolute Gasteiger partial charge is 0.320 e. The molecule has 0 aliphatic heterocycles. The predicted octanol–water partition coefficient (Wildman–Crippen LogP) is 2.23. The molecule has 2 saturated carbocycles. The second-order valence-corrected chi connectivity index (χ2v) is 7.44. The van der Waals surface area contributed by atoms with Gasteiger partial charge >= 0.3 is 5.97 Å². The first-order valence-electron chi connectivity index (χ1n) is 8.80. The molecule has 2 aliphatic carbocycles. The Bertz CT molecular complexity index is 957. The van der Waals surface area contributed by atoms with E-state index < -0.39 is 39.7 Å². The summed E-state index contributed by atoms with van der Waals surface area (Å²) in [6.45, 7) is 0. The molecular weight excluding hydrogens is 350 g/mol. The van der Waals surface area contributed by atoms with Gasteiger partial charge in [-0.1, -0.05) is 42.5 Å². The molecule has 7 heteroatoms. The van der Waals surface area contributed by atoms with E-state index in [1.54, 1.807) is 18.2 Å². The van der Waals surface area contributed by atoms with E-state index in [-0.39, 0.29) is 19.3 Å². The number of fused-ring (bicyclic) bond motifs is 3. The first kappa shape index (κ1) is 17.6. The summed E-state index contributed by atoms with van der Waals surface area (Å²) in [6.07, 6.45) is -0.403. The van der Waals surface area contributed by atoms with Gasteiger partial charge in [-0.2, -0.15) is 0 Å². The van der Waals surface area contributed by atoms with Gasteiger partial charge in [0.15, 0.2) is 5.78 Å². The molecule has 2 aromatic rings. The van der Waals surface area contributed by atoms with Crippen molar-refractivity contribution >= 4 is 22.5 Å². The lowest BCUT2D eigenvalue weighted by atomic mass is 9.67. The van der Waals surface area contributed by atoms with Crippen LogP contribution in [0.25, 0.3) is 10.8 Å². The fraction of sp³-hybridized carbons (Fsp3) is 0.400. The summed E-state index contributed by atoms with van der Waals surface area (Å²) >= 11 is 0. The van der Waals surface area contributed by atoms with Crippen LogP contribution in [0, 0.1) is 15.5 Å². The average Bonchev–Trinajstić information content (AvgIpc) is 2.90. The monoisotopic (exact) mass is 369 g/mol. The van der Waals surface area contributed by atoms with Gasteiger partial charge in [-0.25, -0.2) is 0 Å². The molecule has 7 nitrogen and oxygen atoms in total. The van der Waals surface area contributed by atoms with E-state index in [1.165, 1.54) is 0 Å². The second-order valence-electron chi connectivity index (χ2n) is 7.44. The van der Waals surface area contributed by atoms with Crippen LogP contribution >= 0.6 is 0 Å².